The molecule has 1 aromatic heterocycles. The summed E-state index contributed by atoms with van der Waals surface area (Å²) in [4.78, 5) is 19.1. The van der Waals surface area contributed by atoms with Crippen molar-refractivity contribution in [1.29, 1.82) is 0 Å². The van der Waals surface area contributed by atoms with Gasteiger partial charge in [0.1, 0.15) is 5.60 Å². The van der Waals surface area contributed by atoms with Crippen LogP contribution >= 0.6 is 27.3 Å². The summed E-state index contributed by atoms with van der Waals surface area (Å²) in [5, 5.41) is 3.32. The number of carbonyl (C=O) groups excluding carboxylic acids is 1. The lowest BCUT2D eigenvalue weighted by Gasteiger charge is -2.32. The summed E-state index contributed by atoms with van der Waals surface area (Å²) < 4.78 is 6.58. The van der Waals surface area contributed by atoms with E-state index in [1.54, 1.807) is 11.3 Å². The van der Waals surface area contributed by atoms with Gasteiger partial charge in [-0.3, -0.25) is 0 Å². The van der Waals surface area contributed by atoms with Crippen LogP contribution in [-0.2, 0) is 10.2 Å². The predicted octanol–water partition coefficient (Wildman–Crippen LogP) is 6.98. The van der Waals surface area contributed by atoms with Gasteiger partial charge >= 0.3 is 6.09 Å². The number of likely N-dealkylation sites (tertiary alicyclic amines) is 1. The van der Waals surface area contributed by atoms with Gasteiger partial charge in [-0.05, 0) is 62.8 Å². The van der Waals surface area contributed by atoms with Crippen molar-refractivity contribution in [3.63, 3.8) is 0 Å². The Morgan fingerprint density at radius 3 is 2.38 bits per heavy atom. The number of hydrogen-bond acceptors (Lipinski definition) is 4. The second-order valence-electron chi connectivity index (χ2n) is 9.79. The van der Waals surface area contributed by atoms with E-state index in [0.29, 0.717) is 5.92 Å². The van der Waals surface area contributed by atoms with E-state index >= 15 is 0 Å². The molecule has 0 spiro atoms. The summed E-state index contributed by atoms with van der Waals surface area (Å²) in [5.74, 6) is 0.404. The molecule has 1 aromatic carbocycles. The smallest absolute Gasteiger partial charge is 0.410 e. The van der Waals surface area contributed by atoms with E-state index in [1.807, 2.05) is 25.7 Å². The molecule has 1 aliphatic rings. The van der Waals surface area contributed by atoms with Crippen molar-refractivity contribution in [2.24, 2.45) is 0 Å². The Morgan fingerprint density at radius 2 is 1.79 bits per heavy atom. The highest BCUT2D eigenvalue weighted by molar-refractivity contribution is 9.10. The second kappa shape index (κ2) is 8.38. The van der Waals surface area contributed by atoms with Crippen LogP contribution in [0.1, 0.15) is 70.9 Å². The second-order valence-corrected chi connectivity index (χ2v) is 11.6. The molecule has 0 radical (unpaired) electrons. The molecule has 3 rings (SSSR count). The summed E-state index contributed by atoms with van der Waals surface area (Å²) in [5.41, 5.74) is 3.12. The number of aromatic nitrogens is 1. The molecule has 2 heterocycles. The highest BCUT2D eigenvalue weighted by Gasteiger charge is 2.29. The van der Waals surface area contributed by atoms with Gasteiger partial charge in [0, 0.05) is 34.4 Å². The number of thiazole rings is 1. The van der Waals surface area contributed by atoms with E-state index in [9.17, 15) is 4.79 Å². The number of ether oxygens (including phenoxy) is 1. The van der Waals surface area contributed by atoms with Gasteiger partial charge in [0.2, 0.25) is 0 Å². The number of piperidine rings is 1. The first-order valence-electron chi connectivity index (χ1n) is 10.2. The number of hydrogen-bond donors (Lipinski definition) is 0. The van der Waals surface area contributed by atoms with E-state index in [4.69, 9.17) is 9.72 Å². The normalized spacial score (nSPS) is 16.2. The maximum absolute atomic E-state index is 12.3. The lowest BCUT2D eigenvalue weighted by Crippen LogP contribution is -2.41. The molecule has 0 unspecified atom stereocenters. The molecule has 0 N–H and O–H groups in total. The fraction of sp³-hybridized carbons (Fsp3) is 0.565. The van der Waals surface area contributed by atoms with Crippen LogP contribution in [0.15, 0.2) is 28.1 Å². The number of halogens is 1. The van der Waals surface area contributed by atoms with E-state index < -0.39 is 5.60 Å². The minimum absolute atomic E-state index is 0.0892. The summed E-state index contributed by atoms with van der Waals surface area (Å²) in [6.07, 6.45) is 1.65. The molecule has 1 saturated heterocycles. The minimum Gasteiger partial charge on any atom is -0.444 e. The number of benzene rings is 1. The number of nitrogens with zero attached hydrogens (tertiary/aromatic N) is 2. The van der Waals surface area contributed by atoms with Crippen LogP contribution in [0, 0.1) is 0 Å². The van der Waals surface area contributed by atoms with Crippen LogP contribution < -0.4 is 0 Å². The molecule has 158 valence electrons. The molecule has 4 nitrogen and oxygen atoms in total. The molecule has 6 heteroatoms. The van der Waals surface area contributed by atoms with Crippen LogP contribution in [0.25, 0.3) is 11.3 Å². The molecule has 2 aromatic rings. The predicted molar refractivity (Wildman–Crippen MR) is 124 cm³/mol. The Labute approximate surface area is 186 Å². The largest absolute Gasteiger partial charge is 0.444 e. The van der Waals surface area contributed by atoms with Gasteiger partial charge in [-0.2, -0.15) is 0 Å². The Hall–Kier alpha value is -1.40. The van der Waals surface area contributed by atoms with Crippen molar-refractivity contribution in [1.82, 2.24) is 9.88 Å². The van der Waals surface area contributed by atoms with Crippen molar-refractivity contribution >= 4 is 33.4 Å². The minimum atomic E-state index is -0.450. The molecule has 1 amide bonds. The van der Waals surface area contributed by atoms with Crippen molar-refractivity contribution in [3.05, 3.63) is 38.6 Å². The summed E-state index contributed by atoms with van der Waals surface area (Å²) in [6.45, 7) is 13.8. The highest BCUT2D eigenvalue weighted by Crippen LogP contribution is 2.35. The zero-order valence-electron chi connectivity index (χ0n) is 18.2. The van der Waals surface area contributed by atoms with Crippen LogP contribution in [0.3, 0.4) is 0 Å². The molecule has 0 aliphatic carbocycles. The van der Waals surface area contributed by atoms with Gasteiger partial charge in [0.25, 0.3) is 0 Å². The zero-order valence-corrected chi connectivity index (χ0v) is 20.6. The topological polar surface area (TPSA) is 42.4 Å². The third kappa shape index (κ3) is 5.82. The lowest BCUT2D eigenvalue weighted by molar-refractivity contribution is 0.0205. The SMILES string of the molecule is CC(C)(C)OC(=O)N1CCC(c2nc(-c3cc(Br)cc(C(C)(C)C)c3)cs2)CC1. The Kier molecular flexibility index (Phi) is 6.44. The first-order chi connectivity index (χ1) is 13.4. The molecule has 0 atom stereocenters. The average Bonchev–Trinajstić information content (AvgIpc) is 3.09. The number of rotatable bonds is 2. The monoisotopic (exact) mass is 478 g/mol. The third-order valence-electron chi connectivity index (χ3n) is 5.08. The standard InChI is InChI=1S/C23H31BrN2O2S/c1-22(2,3)17-11-16(12-18(24)13-17)19-14-29-20(25-19)15-7-9-26(10-8-15)21(27)28-23(4,5)6/h11-15H,7-10H2,1-6H3. The highest BCUT2D eigenvalue weighted by atomic mass is 79.9. The number of amides is 1. The van der Waals surface area contributed by atoms with Crippen LogP contribution in [-0.4, -0.2) is 34.7 Å². The van der Waals surface area contributed by atoms with Gasteiger partial charge < -0.3 is 9.64 Å². The molecule has 0 saturated carbocycles. The average molecular weight is 479 g/mol. The van der Waals surface area contributed by atoms with E-state index in [-0.39, 0.29) is 11.5 Å². The Bertz CT molecular complexity index is 872. The van der Waals surface area contributed by atoms with Crippen molar-refractivity contribution in [2.75, 3.05) is 13.1 Å². The molecule has 1 aliphatic heterocycles. The van der Waals surface area contributed by atoms with Crippen LogP contribution in [0.4, 0.5) is 4.79 Å². The van der Waals surface area contributed by atoms with Crippen molar-refractivity contribution < 1.29 is 9.53 Å². The molecular formula is C23H31BrN2O2S. The molecule has 29 heavy (non-hydrogen) atoms. The molecule has 1 fully saturated rings. The van der Waals surface area contributed by atoms with Crippen molar-refractivity contribution in [3.8, 4) is 11.3 Å². The van der Waals surface area contributed by atoms with Crippen LogP contribution in [0.5, 0.6) is 0 Å². The summed E-state index contributed by atoms with van der Waals surface area (Å²) >= 11 is 5.38. The Balaban J connectivity index is 1.69. The maximum atomic E-state index is 12.3. The van der Waals surface area contributed by atoms with E-state index in [0.717, 1.165) is 41.7 Å². The summed E-state index contributed by atoms with van der Waals surface area (Å²) in [6, 6.07) is 6.57. The van der Waals surface area contributed by atoms with E-state index in [1.165, 1.54) is 10.6 Å². The van der Waals surface area contributed by atoms with Gasteiger partial charge in [-0.15, -0.1) is 11.3 Å². The van der Waals surface area contributed by atoms with E-state index in [2.05, 4.69) is 60.3 Å². The van der Waals surface area contributed by atoms with Crippen LogP contribution in [0.2, 0.25) is 0 Å². The Morgan fingerprint density at radius 1 is 1.14 bits per heavy atom. The van der Waals surface area contributed by atoms with Gasteiger partial charge in [0.05, 0.1) is 10.7 Å². The fourth-order valence-electron chi connectivity index (χ4n) is 3.41. The van der Waals surface area contributed by atoms with Gasteiger partial charge in [-0.25, -0.2) is 9.78 Å². The van der Waals surface area contributed by atoms with Gasteiger partial charge in [-0.1, -0.05) is 36.7 Å². The summed E-state index contributed by atoms with van der Waals surface area (Å²) in [7, 11) is 0. The quantitative estimate of drug-likeness (QED) is 0.467. The third-order valence-corrected chi connectivity index (χ3v) is 6.54. The number of carbonyl (C=O) groups is 1. The fourth-order valence-corrected chi connectivity index (χ4v) is 4.91. The first-order valence-corrected chi connectivity index (χ1v) is 11.8. The first kappa shape index (κ1) is 22.3. The molecular weight excluding hydrogens is 448 g/mol. The maximum Gasteiger partial charge on any atom is 0.410 e. The van der Waals surface area contributed by atoms with Crippen molar-refractivity contribution in [2.45, 2.75) is 71.3 Å². The van der Waals surface area contributed by atoms with Gasteiger partial charge in [0.15, 0.2) is 0 Å². The lowest BCUT2D eigenvalue weighted by atomic mass is 9.86. The molecule has 0 bridgehead atoms. The zero-order chi connectivity index (χ0) is 21.4.